The third-order valence-electron chi connectivity index (χ3n) is 4.17. The highest BCUT2D eigenvalue weighted by atomic mass is 16.5. The van der Waals surface area contributed by atoms with Gasteiger partial charge < -0.3 is 14.9 Å². The van der Waals surface area contributed by atoms with Crippen LogP contribution in [-0.4, -0.2) is 27.1 Å². The summed E-state index contributed by atoms with van der Waals surface area (Å²) in [5, 5.41) is 16.3. The zero-order valence-corrected chi connectivity index (χ0v) is 14.7. The first-order valence-corrected chi connectivity index (χ1v) is 8.22. The van der Waals surface area contributed by atoms with Gasteiger partial charge in [-0.1, -0.05) is 24.2 Å². The number of fused-ring (bicyclic) bond motifs is 1. The van der Waals surface area contributed by atoms with Gasteiger partial charge in [0.2, 0.25) is 0 Å². The van der Waals surface area contributed by atoms with Crippen molar-refractivity contribution in [2.45, 2.75) is 27.2 Å². The summed E-state index contributed by atoms with van der Waals surface area (Å²) in [6.45, 7) is 5.21. The molecule has 1 amide bonds. The minimum Gasteiger partial charge on any atom is -0.481 e. The van der Waals surface area contributed by atoms with Gasteiger partial charge in [0.25, 0.3) is 11.6 Å². The Labute approximate surface area is 150 Å². The Morgan fingerprint density at radius 3 is 2.58 bits per heavy atom. The number of carboxylic acids is 1. The number of carbonyl (C=O) groups is 2. The van der Waals surface area contributed by atoms with Crippen LogP contribution in [0, 0.1) is 19.8 Å². The molecular formula is C19H19N3O4. The van der Waals surface area contributed by atoms with Gasteiger partial charge in [0, 0.05) is 11.4 Å². The fourth-order valence-electron chi connectivity index (χ4n) is 2.76. The SMILES string of the molecule is Cc1cc(C(=O)Nc2ccc(CC(C)C(=O)O)cc2)c2c(C)noc2n1. The number of benzene rings is 1. The molecule has 1 unspecified atom stereocenters. The standard InChI is InChI=1S/C19H19N3O4/c1-10(19(24)25)8-13-4-6-14(7-5-13)21-17(23)15-9-11(2)20-18-16(15)12(3)22-26-18/h4-7,9-10H,8H2,1-3H3,(H,21,23)(H,24,25). The van der Waals surface area contributed by atoms with E-state index in [2.05, 4.69) is 15.5 Å². The van der Waals surface area contributed by atoms with Gasteiger partial charge in [0.1, 0.15) is 0 Å². The summed E-state index contributed by atoms with van der Waals surface area (Å²) in [5.41, 5.74) is 3.58. The van der Waals surface area contributed by atoms with Gasteiger partial charge in [-0.15, -0.1) is 0 Å². The van der Waals surface area contributed by atoms with Crippen LogP contribution in [0.2, 0.25) is 0 Å². The van der Waals surface area contributed by atoms with E-state index >= 15 is 0 Å². The van der Waals surface area contributed by atoms with Crippen molar-refractivity contribution in [2.24, 2.45) is 5.92 Å². The van der Waals surface area contributed by atoms with E-state index in [9.17, 15) is 9.59 Å². The van der Waals surface area contributed by atoms with E-state index in [0.717, 1.165) is 5.56 Å². The van der Waals surface area contributed by atoms with Crippen molar-refractivity contribution in [3.05, 3.63) is 52.8 Å². The molecule has 3 rings (SSSR count). The van der Waals surface area contributed by atoms with Crippen LogP contribution in [0.4, 0.5) is 5.69 Å². The third-order valence-corrected chi connectivity index (χ3v) is 4.17. The second kappa shape index (κ2) is 6.95. The molecule has 0 bridgehead atoms. The van der Waals surface area contributed by atoms with Crippen LogP contribution in [0.1, 0.15) is 34.2 Å². The molecular weight excluding hydrogens is 334 g/mol. The molecule has 3 aromatic rings. The number of aromatic nitrogens is 2. The zero-order chi connectivity index (χ0) is 18.8. The molecule has 26 heavy (non-hydrogen) atoms. The lowest BCUT2D eigenvalue weighted by atomic mass is 10.0. The number of rotatable bonds is 5. The first-order valence-electron chi connectivity index (χ1n) is 8.22. The van der Waals surface area contributed by atoms with Gasteiger partial charge in [-0.2, -0.15) is 0 Å². The lowest BCUT2D eigenvalue weighted by Crippen LogP contribution is -2.14. The number of nitrogens with zero attached hydrogens (tertiary/aromatic N) is 2. The van der Waals surface area contributed by atoms with E-state index in [1.54, 1.807) is 39.0 Å². The molecule has 0 saturated carbocycles. The van der Waals surface area contributed by atoms with Crippen molar-refractivity contribution in [1.82, 2.24) is 10.1 Å². The first kappa shape index (κ1) is 17.6. The monoisotopic (exact) mass is 353 g/mol. The lowest BCUT2D eigenvalue weighted by molar-refractivity contribution is -0.141. The number of nitrogens with one attached hydrogen (secondary N) is 1. The average molecular weight is 353 g/mol. The van der Waals surface area contributed by atoms with Gasteiger partial charge >= 0.3 is 5.97 Å². The highest BCUT2D eigenvalue weighted by Crippen LogP contribution is 2.23. The predicted molar refractivity (Wildman–Crippen MR) is 96.2 cm³/mol. The van der Waals surface area contributed by atoms with Crippen molar-refractivity contribution in [2.75, 3.05) is 5.32 Å². The Morgan fingerprint density at radius 1 is 1.23 bits per heavy atom. The molecule has 2 aromatic heterocycles. The maximum atomic E-state index is 12.7. The van der Waals surface area contributed by atoms with E-state index in [1.165, 1.54) is 0 Å². The summed E-state index contributed by atoms with van der Waals surface area (Å²) in [6, 6.07) is 8.84. The minimum atomic E-state index is -0.830. The highest BCUT2D eigenvalue weighted by molar-refractivity contribution is 6.12. The van der Waals surface area contributed by atoms with E-state index in [-0.39, 0.29) is 5.91 Å². The van der Waals surface area contributed by atoms with Crippen LogP contribution in [0.5, 0.6) is 0 Å². The van der Waals surface area contributed by atoms with E-state index in [4.69, 9.17) is 9.63 Å². The number of carboxylic acid groups (broad SMARTS) is 1. The molecule has 1 aromatic carbocycles. The largest absolute Gasteiger partial charge is 0.481 e. The second-order valence-electron chi connectivity index (χ2n) is 6.35. The fraction of sp³-hybridized carbons (Fsp3) is 0.263. The number of carbonyl (C=O) groups excluding carboxylic acids is 1. The molecule has 0 aliphatic carbocycles. The summed E-state index contributed by atoms with van der Waals surface area (Å²) in [7, 11) is 0. The number of anilines is 1. The van der Waals surface area contributed by atoms with E-state index < -0.39 is 11.9 Å². The zero-order valence-electron chi connectivity index (χ0n) is 14.7. The first-order chi connectivity index (χ1) is 12.3. The van der Waals surface area contributed by atoms with Crippen LogP contribution in [-0.2, 0) is 11.2 Å². The molecule has 7 nitrogen and oxygen atoms in total. The smallest absolute Gasteiger partial charge is 0.306 e. The van der Waals surface area contributed by atoms with Crippen LogP contribution in [0.25, 0.3) is 11.1 Å². The molecule has 2 heterocycles. The van der Waals surface area contributed by atoms with Crippen molar-refractivity contribution >= 4 is 28.7 Å². The Bertz CT molecular complexity index is 976. The number of hydrogen-bond donors (Lipinski definition) is 2. The molecule has 2 N–H and O–H groups in total. The molecule has 0 spiro atoms. The number of aliphatic carboxylic acids is 1. The van der Waals surface area contributed by atoms with Crippen LogP contribution < -0.4 is 5.32 Å². The van der Waals surface area contributed by atoms with Crippen molar-refractivity contribution < 1.29 is 19.2 Å². The van der Waals surface area contributed by atoms with Crippen LogP contribution in [0.3, 0.4) is 0 Å². The predicted octanol–water partition coefficient (Wildman–Crippen LogP) is 3.36. The number of hydrogen-bond acceptors (Lipinski definition) is 5. The molecule has 0 aliphatic heterocycles. The topological polar surface area (TPSA) is 105 Å². The van der Waals surface area contributed by atoms with Crippen molar-refractivity contribution in [1.29, 1.82) is 0 Å². The number of pyridine rings is 1. The molecule has 0 fully saturated rings. The quantitative estimate of drug-likeness (QED) is 0.729. The highest BCUT2D eigenvalue weighted by Gasteiger charge is 2.18. The molecule has 7 heteroatoms. The fourth-order valence-corrected chi connectivity index (χ4v) is 2.76. The summed E-state index contributed by atoms with van der Waals surface area (Å²) < 4.78 is 5.15. The van der Waals surface area contributed by atoms with Crippen LogP contribution >= 0.6 is 0 Å². The summed E-state index contributed by atoms with van der Waals surface area (Å²) >= 11 is 0. The number of amides is 1. The third kappa shape index (κ3) is 3.56. The van der Waals surface area contributed by atoms with Gasteiger partial charge in [0.05, 0.1) is 22.6 Å². The minimum absolute atomic E-state index is 0.279. The summed E-state index contributed by atoms with van der Waals surface area (Å²) in [4.78, 5) is 27.9. The van der Waals surface area contributed by atoms with Gasteiger partial charge in [-0.25, -0.2) is 4.98 Å². The molecule has 0 saturated heterocycles. The second-order valence-corrected chi connectivity index (χ2v) is 6.35. The number of aryl methyl sites for hydroxylation is 2. The Kier molecular flexibility index (Phi) is 4.71. The lowest BCUT2D eigenvalue weighted by Gasteiger charge is -2.09. The summed E-state index contributed by atoms with van der Waals surface area (Å²) in [6.07, 6.45) is 0.438. The van der Waals surface area contributed by atoms with E-state index in [0.29, 0.717) is 40.2 Å². The van der Waals surface area contributed by atoms with Crippen molar-refractivity contribution in [3.63, 3.8) is 0 Å². The molecule has 1 atom stereocenters. The van der Waals surface area contributed by atoms with Crippen LogP contribution in [0.15, 0.2) is 34.9 Å². The molecule has 0 aliphatic rings. The Balaban J connectivity index is 1.80. The van der Waals surface area contributed by atoms with Gasteiger partial charge in [-0.3, -0.25) is 9.59 Å². The maximum absolute atomic E-state index is 12.7. The van der Waals surface area contributed by atoms with Crippen molar-refractivity contribution in [3.8, 4) is 0 Å². The summed E-state index contributed by atoms with van der Waals surface area (Å²) in [5.74, 6) is -1.57. The normalized spacial score (nSPS) is 12.1. The van der Waals surface area contributed by atoms with E-state index in [1.807, 2.05) is 12.1 Å². The maximum Gasteiger partial charge on any atom is 0.306 e. The van der Waals surface area contributed by atoms with Gasteiger partial charge in [0.15, 0.2) is 0 Å². The molecule has 0 radical (unpaired) electrons. The van der Waals surface area contributed by atoms with Gasteiger partial charge in [-0.05, 0) is 44.0 Å². The Hall–Kier alpha value is -3.22. The average Bonchev–Trinajstić information content (AvgIpc) is 2.96. The molecule has 134 valence electrons. The Morgan fingerprint density at radius 2 is 1.92 bits per heavy atom.